The van der Waals surface area contributed by atoms with Crippen molar-refractivity contribution in [1.82, 2.24) is 19.5 Å². The first-order valence-electron chi connectivity index (χ1n) is 5.10. The smallest absolute Gasteiger partial charge is 0.173 e. The maximum atomic E-state index is 8.92. The molecule has 0 aliphatic carbocycles. The van der Waals surface area contributed by atoms with E-state index in [0.717, 1.165) is 18.8 Å². The fourth-order valence-corrected chi connectivity index (χ4v) is 1.47. The summed E-state index contributed by atoms with van der Waals surface area (Å²) >= 11 is 0. The van der Waals surface area contributed by atoms with Gasteiger partial charge < -0.3 is 4.90 Å². The zero-order chi connectivity index (χ0) is 11.5. The second kappa shape index (κ2) is 4.29. The minimum absolute atomic E-state index is 0.561. The quantitative estimate of drug-likeness (QED) is 0.756. The largest absolute Gasteiger partial charge is 0.309 e. The molecular formula is C11H13N5. The van der Waals surface area contributed by atoms with Gasteiger partial charge in [-0.05, 0) is 26.2 Å². The van der Waals surface area contributed by atoms with Crippen molar-refractivity contribution in [1.29, 1.82) is 5.26 Å². The van der Waals surface area contributed by atoms with Crippen LogP contribution in [0, 0.1) is 11.3 Å². The number of likely N-dealkylation sites (N-methyl/N-ethyl adjacent to an activating group) is 1. The first-order chi connectivity index (χ1) is 7.70. The fourth-order valence-electron chi connectivity index (χ4n) is 1.47. The van der Waals surface area contributed by atoms with Crippen LogP contribution in [0.1, 0.15) is 11.4 Å². The lowest BCUT2D eigenvalue weighted by molar-refractivity contribution is 0.409. The van der Waals surface area contributed by atoms with E-state index in [1.807, 2.05) is 20.3 Å². The summed E-state index contributed by atoms with van der Waals surface area (Å²) in [4.78, 5) is 6.44. The van der Waals surface area contributed by atoms with Crippen LogP contribution in [0.25, 0.3) is 5.65 Å². The first kappa shape index (κ1) is 10.6. The van der Waals surface area contributed by atoms with Gasteiger partial charge in [0.15, 0.2) is 11.5 Å². The number of aromatic nitrogens is 3. The zero-order valence-corrected chi connectivity index (χ0v) is 9.38. The standard InChI is InChI=1S/C11H13N5/c1-15(2)7-5-10-13-11-9(8-12)4-3-6-16(11)14-10/h3-4,6H,5,7H2,1-2H3. The Labute approximate surface area is 93.9 Å². The molecule has 0 radical (unpaired) electrons. The SMILES string of the molecule is CN(C)CCc1nc2c(C#N)cccn2n1. The molecule has 2 aromatic rings. The Bertz CT molecular complexity index is 535. The summed E-state index contributed by atoms with van der Waals surface area (Å²) in [5.41, 5.74) is 1.20. The van der Waals surface area contributed by atoms with Gasteiger partial charge in [-0.25, -0.2) is 9.50 Å². The summed E-state index contributed by atoms with van der Waals surface area (Å²) in [5.74, 6) is 0.774. The van der Waals surface area contributed by atoms with Crippen molar-refractivity contribution in [2.24, 2.45) is 0 Å². The van der Waals surface area contributed by atoms with Crippen LogP contribution in [-0.4, -0.2) is 40.1 Å². The van der Waals surface area contributed by atoms with Crippen LogP contribution in [0.3, 0.4) is 0 Å². The summed E-state index contributed by atoms with van der Waals surface area (Å²) in [6.07, 6.45) is 2.60. The lowest BCUT2D eigenvalue weighted by atomic mass is 10.3. The van der Waals surface area contributed by atoms with Gasteiger partial charge in [-0.1, -0.05) is 0 Å². The van der Waals surface area contributed by atoms with Gasteiger partial charge in [0, 0.05) is 19.2 Å². The minimum Gasteiger partial charge on any atom is -0.309 e. The molecule has 16 heavy (non-hydrogen) atoms. The normalized spacial score (nSPS) is 10.9. The van der Waals surface area contributed by atoms with Crippen molar-refractivity contribution < 1.29 is 0 Å². The van der Waals surface area contributed by atoms with Gasteiger partial charge in [0.05, 0.1) is 5.56 Å². The average molecular weight is 215 g/mol. The molecule has 5 heteroatoms. The van der Waals surface area contributed by atoms with Crippen LogP contribution in [-0.2, 0) is 6.42 Å². The molecule has 0 amide bonds. The highest BCUT2D eigenvalue weighted by atomic mass is 15.3. The molecule has 0 unspecified atom stereocenters. The highest BCUT2D eigenvalue weighted by Crippen LogP contribution is 2.07. The maximum absolute atomic E-state index is 8.92. The molecule has 0 bridgehead atoms. The van der Waals surface area contributed by atoms with Gasteiger partial charge in [0.2, 0.25) is 0 Å². The van der Waals surface area contributed by atoms with Crippen molar-refractivity contribution in [3.8, 4) is 6.07 Å². The second-order valence-electron chi connectivity index (χ2n) is 3.88. The van der Waals surface area contributed by atoms with E-state index in [-0.39, 0.29) is 0 Å². The number of nitriles is 1. The Morgan fingerprint density at radius 1 is 1.50 bits per heavy atom. The van der Waals surface area contributed by atoms with Gasteiger partial charge in [0.25, 0.3) is 0 Å². The number of fused-ring (bicyclic) bond motifs is 1. The summed E-state index contributed by atoms with van der Waals surface area (Å²) < 4.78 is 1.66. The van der Waals surface area contributed by atoms with E-state index >= 15 is 0 Å². The fraction of sp³-hybridized carbons (Fsp3) is 0.364. The molecule has 0 N–H and O–H groups in total. The molecule has 2 heterocycles. The van der Waals surface area contributed by atoms with Crippen LogP contribution >= 0.6 is 0 Å². The van der Waals surface area contributed by atoms with Gasteiger partial charge in [-0.2, -0.15) is 10.4 Å². The van der Waals surface area contributed by atoms with Crippen LogP contribution in [0.5, 0.6) is 0 Å². The summed E-state index contributed by atoms with van der Waals surface area (Å²) in [6, 6.07) is 5.67. The Kier molecular flexibility index (Phi) is 2.84. The number of nitrogens with zero attached hydrogens (tertiary/aromatic N) is 5. The Hall–Kier alpha value is -1.93. The summed E-state index contributed by atoms with van der Waals surface area (Å²) in [6.45, 7) is 0.902. The number of pyridine rings is 1. The van der Waals surface area contributed by atoms with E-state index in [0.29, 0.717) is 11.2 Å². The molecule has 0 aliphatic heterocycles. The zero-order valence-electron chi connectivity index (χ0n) is 9.38. The lowest BCUT2D eigenvalue weighted by Crippen LogP contribution is -2.15. The highest BCUT2D eigenvalue weighted by molar-refractivity contribution is 5.54. The van der Waals surface area contributed by atoms with E-state index in [9.17, 15) is 0 Å². The molecule has 0 atom stereocenters. The lowest BCUT2D eigenvalue weighted by Gasteiger charge is -2.05. The van der Waals surface area contributed by atoms with Crippen molar-refractivity contribution >= 4 is 5.65 Å². The van der Waals surface area contributed by atoms with Crippen LogP contribution < -0.4 is 0 Å². The first-order valence-corrected chi connectivity index (χ1v) is 5.10. The molecule has 0 saturated carbocycles. The van der Waals surface area contributed by atoms with Crippen molar-refractivity contribution in [3.05, 3.63) is 29.7 Å². The Morgan fingerprint density at radius 2 is 2.31 bits per heavy atom. The Morgan fingerprint density at radius 3 is 3.00 bits per heavy atom. The third-order valence-electron chi connectivity index (χ3n) is 2.31. The van der Waals surface area contributed by atoms with E-state index in [1.54, 1.807) is 16.6 Å². The number of rotatable bonds is 3. The van der Waals surface area contributed by atoms with Crippen LogP contribution in [0.15, 0.2) is 18.3 Å². The number of hydrogen-bond donors (Lipinski definition) is 0. The Balaban J connectivity index is 2.33. The van der Waals surface area contributed by atoms with Gasteiger partial charge in [-0.3, -0.25) is 0 Å². The van der Waals surface area contributed by atoms with Crippen LogP contribution in [0.2, 0.25) is 0 Å². The van der Waals surface area contributed by atoms with Gasteiger partial charge in [0.1, 0.15) is 6.07 Å². The highest BCUT2D eigenvalue weighted by Gasteiger charge is 2.07. The predicted octanol–water partition coefficient (Wildman–Crippen LogP) is 0.705. The molecule has 5 nitrogen and oxygen atoms in total. The van der Waals surface area contributed by atoms with Crippen LogP contribution in [0.4, 0.5) is 0 Å². The third kappa shape index (κ3) is 2.02. The molecule has 2 aromatic heterocycles. The topological polar surface area (TPSA) is 57.2 Å². The molecule has 0 aliphatic rings. The second-order valence-corrected chi connectivity index (χ2v) is 3.88. The predicted molar refractivity (Wildman–Crippen MR) is 60.0 cm³/mol. The van der Waals surface area contributed by atoms with Crippen molar-refractivity contribution in [2.45, 2.75) is 6.42 Å². The van der Waals surface area contributed by atoms with Crippen molar-refractivity contribution in [3.63, 3.8) is 0 Å². The van der Waals surface area contributed by atoms with E-state index < -0.39 is 0 Å². The molecule has 2 rings (SSSR count). The molecule has 0 spiro atoms. The molecule has 0 fully saturated rings. The third-order valence-corrected chi connectivity index (χ3v) is 2.31. The average Bonchev–Trinajstić information content (AvgIpc) is 2.68. The summed E-state index contributed by atoms with van der Waals surface area (Å²) in [5, 5.41) is 13.2. The monoisotopic (exact) mass is 215 g/mol. The van der Waals surface area contributed by atoms with Gasteiger partial charge in [-0.15, -0.1) is 0 Å². The van der Waals surface area contributed by atoms with E-state index in [4.69, 9.17) is 5.26 Å². The molecular weight excluding hydrogens is 202 g/mol. The molecule has 0 saturated heterocycles. The van der Waals surface area contributed by atoms with Gasteiger partial charge >= 0.3 is 0 Å². The molecule has 82 valence electrons. The summed E-state index contributed by atoms with van der Waals surface area (Å²) in [7, 11) is 4.02. The van der Waals surface area contributed by atoms with Crippen molar-refractivity contribution in [2.75, 3.05) is 20.6 Å². The molecule has 0 aromatic carbocycles. The van der Waals surface area contributed by atoms with E-state index in [1.165, 1.54) is 0 Å². The minimum atomic E-state index is 0.561. The maximum Gasteiger partial charge on any atom is 0.173 e. The number of hydrogen-bond acceptors (Lipinski definition) is 4. The van der Waals surface area contributed by atoms with E-state index in [2.05, 4.69) is 21.1 Å².